The van der Waals surface area contributed by atoms with Gasteiger partial charge in [0.05, 0.1) is 12.8 Å². The number of aromatic nitrogens is 2. The van der Waals surface area contributed by atoms with Gasteiger partial charge in [-0.25, -0.2) is 10.6 Å². The largest absolute Gasteiger partial charge is 0.459 e. The quantitative estimate of drug-likeness (QED) is 0.424. The minimum Gasteiger partial charge on any atom is -0.459 e. The average molecular weight is 236 g/mol. The monoisotopic (exact) mass is 236 g/mol. The Morgan fingerprint density at radius 2 is 2.29 bits per heavy atom. The number of nitrogens with two attached hydrogens (primary N) is 1. The van der Waals surface area contributed by atoms with Crippen molar-refractivity contribution in [1.29, 1.82) is 0 Å². The number of hydrazine groups is 1. The summed E-state index contributed by atoms with van der Waals surface area (Å²) in [4.78, 5) is 23.0. The Morgan fingerprint density at radius 3 is 2.88 bits per heavy atom. The number of nitrogen functional groups attached to an aromatic ring is 1. The number of nitrogens with zero attached hydrogens (tertiary/aromatic N) is 2. The van der Waals surface area contributed by atoms with Gasteiger partial charge in [-0.05, 0) is 6.07 Å². The molecule has 0 saturated carbocycles. The fourth-order valence-corrected chi connectivity index (χ4v) is 1.54. The van der Waals surface area contributed by atoms with Crippen molar-refractivity contribution in [2.24, 2.45) is 12.9 Å². The van der Waals surface area contributed by atoms with Crippen LogP contribution in [0.1, 0.15) is 16.1 Å². The normalized spacial score (nSPS) is 10.5. The van der Waals surface area contributed by atoms with E-state index in [9.17, 15) is 9.59 Å². The molecule has 0 spiro atoms. The van der Waals surface area contributed by atoms with Crippen LogP contribution in [-0.4, -0.2) is 15.0 Å². The number of imidazole rings is 1. The topological polar surface area (TPSA) is 95.2 Å². The molecule has 7 heteroatoms. The summed E-state index contributed by atoms with van der Waals surface area (Å²) in [6.45, 7) is 0.263. The molecule has 0 bridgehead atoms. The number of carbonyl (C=O) groups excluding carboxylic acids is 1. The van der Waals surface area contributed by atoms with Crippen LogP contribution in [0.2, 0.25) is 0 Å². The lowest BCUT2D eigenvalue weighted by Crippen LogP contribution is -2.31. The van der Waals surface area contributed by atoms with Crippen molar-refractivity contribution < 1.29 is 9.21 Å². The molecule has 0 saturated heterocycles. The average Bonchev–Trinajstić information content (AvgIpc) is 2.90. The van der Waals surface area contributed by atoms with Crippen molar-refractivity contribution in [1.82, 2.24) is 14.6 Å². The molecule has 90 valence electrons. The summed E-state index contributed by atoms with van der Waals surface area (Å²) in [5.74, 6) is 4.62. The maximum absolute atomic E-state index is 11.6. The van der Waals surface area contributed by atoms with E-state index in [4.69, 9.17) is 10.3 Å². The number of furan rings is 1. The van der Waals surface area contributed by atoms with Gasteiger partial charge in [0.15, 0.2) is 5.76 Å². The number of carbonyl (C=O) groups is 1. The Hall–Kier alpha value is -2.28. The van der Waals surface area contributed by atoms with Crippen LogP contribution in [-0.2, 0) is 13.6 Å². The molecule has 17 heavy (non-hydrogen) atoms. The number of hydrogen-bond acceptors (Lipinski definition) is 4. The van der Waals surface area contributed by atoms with E-state index in [1.165, 1.54) is 15.4 Å². The van der Waals surface area contributed by atoms with Gasteiger partial charge in [0, 0.05) is 25.0 Å². The molecule has 7 nitrogen and oxygen atoms in total. The Labute approximate surface area is 96.4 Å². The fourth-order valence-electron chi connectivity index (χ4n) is 1.54. The van der Waals surface area contributed by atoms with E-state index in [0.717, 1.165) is 0 Å². The van der Waals surface area contributed by atoms with Gasteiger partial charge < -0.3 is 8.98 Å². The fraction of sp³-hybridized carbons (Fsp3) is 0.200. The molecular weight excluding hydrogens is 224 g/mol. The zero-order valence-electron chi connectivity index (χ0n) is 9.21. The second-order valence-corrected chi connectivity index (χ2v) is 3.57. The maximum atomic E-state index is 11.6. The third-order valence-corrected chi connectivity index (χ3v) is 2.44. The summed E-state index contributed by atoms with van der Waals surface area (Å²) in [5, 5.41) is 0. The van der Waals surface area contributed by atoms with Crippen LogP contribution >= 0.6 is 0 Å². The Morgan fingerprint density at radius 1 is 1.53 bits per heavy atom. The first-order valence-corrected chi connectivity index (χ1v) is 4.92. The standard InChI is InChI=1S/C10H12N4O3/c1-13-3-4-14(10(13)16)6-7-2-5-17-8(7)9(15)12-11/h2-5H,6,11H2,1H3,(H,12,15). The molecule has 0 aliphatic rings. The number of nitrogens with one attached hydrogen (secondary N) is 1. The van der Waals surface area contributed by atoms with Crippen molar-refractivity contribution in [3.8, 4) is 0 Å². The molecule has 2 aromatic rings. The molecular formula is C10H12N4O3. The van der Waals surface area contributed by atoms with E-state index in [1.807, 2.05) is 5.43 Å². The van der Waals surface area contributed by atoms with Crippen molar-refractivity contribution in [2.45, 2.75) is 6.54 Å². The van der Waals surface area contributed by atoms with Crippen LogP contribution in [0.4, 0.5) is 0 Å². The zero-order chi connectivity index (χ0) is 12.4. The van der Waals surface area contributed by atoms with Gasteiger partial charge in [0.2, 0.25) is 0 Å². The molecule has 0 atom stereocenters. The van der Waals surface area contributed by atoms with Crippen LogP contribution < -0.4 is 17.0 Å². The maximum Gasteiger partial charge on any atom is 0.328 e. The molecule has 3 N–H and O–H groups in total. The molecule has 0 fully saturated rings. The van der Waals surface area contributed by atoms with E-state index >= 15 is 0 Å². The highest BCUT2D eigenvalue weighted by molar-refractivity contribution is 5.92. The molecule has 2 aromatic heterocycles. The van der Waals surface area contributed by atoms with Crippen LogP contribution in [0, 0.1) is 0 Å². The second kappa shape index (κ2) is 4.30. The summed E-state index contributed by atoms with van der Waals surface area (Å²) in [7, 11) is 1.65. The van der Waals surface area contributed by atoms with E-state index in [0.29, 0.717) is 5.56 Å². The highest BCUT2D eigenvalue weighted by Gasteiger charge is 2.15. The lowest BCUT2D eigenvalue weighted by atomic mass is 10.2. The first-order valence-electron chi connectivity index (χ1n) is 4.92. The van der Waals surface area contributed by atoms with E-state index in [2.05, 4.69) is 0 Å². The number of rotatable bonds is 3. The first-order chi connectivity index (χ1) is 8.13. The van der Waals surface area contributed by atoms with E-state index < -0.39 is 5.91 Å². The molecule has 0 aliphatic carbocycles. The highest BCUT2D eigenvalue weighted by Crippen LogP contribution is 2.11. The molecule has 0 unspecified atom stereocenters. The van der Waals surface area contributed by atoms with Crippen LogP contribution in [0.25, 0.3) is 0 Å². The van der Waals surface area contributed by atoms with Gasteiger partial charge in [-0.2, -0.15) is 0 Å². The first kappa shape index (κ1) is 11.2. The minimum absolute atomic E-state index is 0.114. The van der Waals surface area contributed by atoms with Gasteiger partial charge in [-0.1, -0.05) is 0 Å². The highest BCUT2D eigenvalue weighted by atomic mass is 16.3. The third kappa shape index (κ3) is 2.00. The van der Waals surface area contributed by atoms with E-state index in [-0.39, 0.29) is 18.0 Å². The predicted molar refractivity (Wildman–Crippen MR) is 59.1 cm³/mol. The van der Waals surface area contributed by atoms with Crippen LogP contribution in [0.15, 0.2) is 33.9 Å². The molecule has 2 rings (SSSR count). The number of amides is 1. The van der Waals surface area contributed by atoms with Crippen molar-refractivity contribution in [3.05, 3.63) is 46.5 Å². The van der Waals surface area contributed by atoms with Gasteiger partial charge in [-0.15, -0.1) is 0 Å². The summed E-state index contributed by atoms with van der Waals surface area (Å²) in [5.41, 5.74) is 2.42. The summed E-state index contributed by atoms with van der Waals surface area (Å²) < 4.78 is 7.94. The summed E-state index contributed by atoms with van der Waals surface area (Å²) in [6.07, 6.45) is 4.67. The summed E-state index contributed by atoms with van der Waals surface area (Å²) in [6, 6.07) is 1.63. The Kier molecular flexibility index (Phi) is 2.84. The zero-order valence-corrected chi connectivity index (χ0v) is 9.21. The summed E-state index contributed by atoms with van der Waals surface area (Å²) >= 11 is 0. The van der Waals surface area contributed by atoms with Crippen molar-refractivity contribution in [2.75, 3.05) is 0 Å². The molecule has 0 aromatic carbocycles. The lowest BCUT2D eigenvalue weighted by molar-refractivity contribution is 0.0924. The predicted octanol–water partition coefficient (Wildman–Crippen LogP) is -0.568. The smallest absolute Gasteiger partial charge is 0.328 e. The van der Waals surface area contributed by atoms with E-state index in [1.54, 1.807) is 25.5 Å². The van der Waals surface area contributed by atoms with Crippen molar-refractivity contribution in [3.63, 3.8) is 0 Å². The van der Waals surface area contributed by atoms with Gasteiger partial charge in [0.1, 0.15) is 0 Å². The van der Waals surface area contributed by atoms with Gasteiger partial charge in [0.25, 0.3) is 0 Å². The SMILES string of the molecule is Cn1ccn(Cc2ccoc2C(=O)NN)c1=O. The second-order valence-electron chi connectivity index (χ2n) is 3.57. The molecule has 0 radical (unpaired) electrons. The van der Waals surface area contributed by atoms with Crippen molar-refractivity contribution >= 4 is 5.91 Å². The lowest BCUT2D eigenvalue weighted by Gasteiger charge is -2.01. The van der Waals surface area contributed by atoms with Crippen LogP contribution in [0.3, 0.4) is 0 Å². The van der Waals surface area contributed by atoms with Gasteiger partial charge >= 0.3 is 11.6 Å². The molecule has 0 aliphatic heterocycles. The van der Waals surface area contributed by atoms with Crippen LogP contribution in [0.5, 0.6) is 0 Å². The number of aryl methyl sites for hydroxylation is 1. The van der Waals surface area contributed by atoms with Gasteiger partial charge in [-0.3, -0.25) is 14.8 Å². The Bertz CT molecular complexity index is 593. The number of hydrogen-bond donors (Lipinski definition) is 2. The molecule has 2 heterocycles. The minimum atomic E-state index is -0.519. The Balaban J connectivity index is 2.31. The molecule has 1 amide bonds. The third-order valence-electron chi connectivity index (χ3n) is 2.44.